The quantitative estimate of drug-likeness (QED) is 0.317. The summed E-state index contributed by atoms with van der Waals surface area (Å²) in [6.45, 7) is 0. The van der Waals surface area contributed by atoms with Crippen molar-refractivity contribution in [1.82, 2.24) is 4.98 Å². The van der Waals surface area contributed by atoms with E-state index in [4.69, 9.17) is 16.3 Å². The number of ether oxygens (including phenoxy) is 1. The summed E-state index contributed by atoms with van der Waals surface area (Å²) < 4.78 is 33.1. The van der Waals surface area contributed by atoms with E-state index in [9.17, 15) is 18.4 Å². The molecule has 38 heavy (non-hydrogen) atoms. The van der Waals surface area contributed by atoms with E-state index >= 15 is 0 Å². The number of nitrogens with zero attached hydrogens (tertiary/aromatic N) is 1. The number of amides is 1. The molecule has 0 saturated heterocycles. The molecule has 1 fully saturated rings. The van der Waals surface area contributed by atoms with Gasteiger partial charge in [0.1, 0.15) is 11.5 Å². The molecule has 0 radical (unpaired) electrons. The van der Waals surface area contributed by atoms with Gasteiger partial charge in [0.2, 0.25) is 5.91 Å². The molecule has 0 bridgehead atoms. The van der Waals surface area contributed by atoms with Crippen LogP contribution in [0.15, 0.2) is 54.7 Å². The van der Waals surface area contributed by atoms with Crippen molar-refractivity contribution in [2.24, 2.45) is 11.8 Å². The van der Waals surface area contributed by atoms with Crippen LogP contribution in [-0.2, 0) is 15.2 Å². The van der Waals surface area contributed by atoms with E-state index in [1.165, 1.54) is 25.4 Å². The third kappa shape index (κ3) is 4.90. The SMILES string of the molecule is COC(=O)c1ccc(NC(=O)C(C2CCCCC2)C2(c3ccc(Cl)cc3)Nc3cc(F)c(F)cc3N2)nc1. The molecular formula is C28H27ClF2N4O3. The Hall–Kier alpha value is -3.72. The summed E-state index contributed by atoms with van der Waals surface area (Å²) in [7, 11) is 1.28. The van der Waals surface area contributed by atoms with E-state index < -0.39 is 29.2 Å². The number of pyridine rings is 1. The maximum atomic E-state index is 14.2. The second kappa shape index (κ2) is 10.6. The Morgan fingerprint density at radius 1 is 1.03 bits per heavy atom. The zero-order chi connectivity index (χ0) is 26.9. The molecule has 1 aliphatic carbocycles. The zero-order valence-corrected chi connectivity index (χ0v) is 21.4. The van der Waals surface area contributed by atoms with Crippen LogP contribution in [0.2, 0.25) is 5.02 Å². The lowest BCUT2D eigenvalue weighted by molar-refractivity contribution is -0.124. The lowest BCUT2D eigenvalue weighted by Crippen LogP contribution is -2.54. The largest absolute Gasteiger partial charge is 0.465 e. The zero-order valence-electron chi connectivity index (χ0n) is 20.7. The van der Waals surface area contributed by atoms with Gasteiger partial charge < -0.3 is 20.7 Å². The van der Waals surface area contributed by atoms with Crippen molar-refractivity contribution >= 4 is 40.7 Å². The highest BCUT2D eigenvalue weighted by Crippen LogP contribution is 2.49. The van der Waals surface area contributed by atoms with Crippen LogP contribution in [0, 0.1) is 23.5 Å². The summed E-state index contributed by atoms with van der Waals surface area (Å²) in [5.41, 5.74) is 0.441. The fourth-order valence-electron chi connectivity index (χ4n) is 5.54. The standard InChI is InChI=1S/C28H27ClF2N4O3/c1-38-27(37)17-7-12-24(32-15-17)33-26(36)25(16-5-3-2-4-6-16)28(18-8-10-19(29)11-9-18)34-22-13-20(30)21(31)14-23(22)35-28/h7-16,25,34-35H,2-6H2,1H3,(H,32,33,36). The van der Waals surface area contributed by atoms with E-state index in [1.807, 2.05) is 0 Å². The smallest absolute Gasteiger partial charge is 0.339 e. The van der Waals surface area contributed by atoms with E-state index in [0.717, 1.165) is 44.2 Å². The summed E-state index contributed by atoms with van der Waals surface area (Å²) in [4.78, 5) is 30.1. The highest BCUT2D eigenvalue weighted by atomic mass is 35.5. The van der Waals surface area contributed by atoms with Gasteiger partial charge in [-0.15, -0.1) is 0 Å². The van der Waals surface area contributed by atoms with Crippen LogP contribution in [0.1, 0.15) is 48.0 Å². The highest BCUT2D eigenvalue weighted by molar-refractivity contribution is 6.30. The Morgan fingerprint density at radius 3 is 2.21 bits per heavy atom. The number of rotatable bonds is 6. The van der Waals surface area contributed by atoms with Gasteiger partial charge in [-0.25, -0.2) is 18.6 Å². The average Bonchev–Trinajstić information content (AvgIpc) is 3.28. The minimum Gasteiger partial charge on any atom is -0.465 e. The summed E-state index contributed by atoms with van der Waals surface area (Å²) in [5.74, 6) is -3.31. The highest BCUT2D eigenvalue weighted by Gasteiger charge is 2.52. The Bertz CT molecular complexity index is 1310. The molecule has 2 aliphatic rings. The van der Waals surface area contributed by atoms with E-state index in [2.05, 4.69) is 20.9 Å². The predicted molar refractivity (Wildman–Crippen MR) is 141 cm³/mol. The Labute approximate surface area is 223 Å². The number of hydrogen-bond donors (Lipinski definition) is 3. The van der Waals surface area contributed by atoms with Crippen molar-refractivity contribution in [2.45, 2.75) is 37.8 Å². The fraction of sp³-hybridized carbons (Fsp3) is 0.321. The Kier molecular flexibility index (Phi) is 7.21. The third-order valence-corrected chi connectivity index (χ3v) is 7.58. The number of halogens is 3. The molecule has 1 aromatic heterocycles. The molecule has 1 atom stereocenters. The minimum absolute atomic E-state index is 0.0437. The third-order valence-electron chi connectivity index (χ3n) is 7.33. The van der Waals surface area contributed by atoms with Crippen LogP contribution in [0.4, 0.5) is 26.0 Å². The van der Waals surface area contributed by atoms with Crippen LogP contribution >= 0.6 is 11.6 Å². The second-order valence-corrected chi connectivity index (χ2v) is 10.1. The molecule has 3 N–H and O–H groups in total. The van der Waals surface area contributed by atoms with Crippen molar-refractivity contribution in [3.63, 3.8) is 0 Å². The van der Waals surface area contributed by atoms with Gasteiger partial charge in [-0.2, -0.15) is 0 Å². The molecule has 198 valence electrons. The minimum atomic E-state index is -1.22. The normalized spacial score (nSPS) is 17.1. The first-order chi connectivity index (χ1) is 18.3. The van der Waals surface area contributed by atoms with Gasteiger partial charge in [0, 0.05) is 23.4 Å². The van der Waals surface area contributed by atoms with Gasteiger partial charge in [-0.3, -0.25) is 4.79 Å². The van der Waals surface area contributed by atoms with Crippen LogP contribution in [0.3, 0.4) is 0 Å². The van der Waals surface area contributed by atoms with Crippen molar-refractivity contribution in [2.75, 3.05) is 23.1 Å². The number of nitrogens with one attached hydrogen (secondary N) is 3. The first kappa shape index (κ1) is 25.9. The molecule has 5 rings (SSSR count). The number of anilines is 3. The number of benzene rings is 2. The van der Waals surface area contributed by atoms with Gasteiger partial charge in [-0.05, 0) is 48.6 Å². The summed E-state index contributed by atoms with van der Waals surface area (Å²) in [6.07, 6.45) is 5.96. The molecule has 1 saturated carbocycles. The topological polar surface area (TPSA) is 92.3 Å². The molecule has 7 nitrogen and oxygen atoms in total. The number of esters is 1. The van der Waals surface area contributed by atoms with Crippen molar-refractivity contribution in [1.29, 1.82) is 0 Å². The van der Waals surface area contributed by atoms with Crippen LogP contribution < -0.4 is 16.0 Å². The molecule has 0 spiro atoms. The number of carbonyl (C=O) groups is 2. The first-order valence-corrected chi connectivity index (χ1v) is 12.8. The van der Waals surface area contributed by atoms with Gasteiger partial charge >= 0.3 is 5.97 Å². The maximum Gasteiger partial charge on any atom is 0.339 e. The van der Waals surface area contributed by atoms with Crippen LogP contribution in [0.5, 0.6) is 0 Å². The van der Waals surface area contributed by atoms with E-state index in [1.54, 1.807) is 24.3 Å². The maximum absolute atomic E-state index is 14.2. The van der Waals surface area contributed by atoms with Crippen molar-refractivity contribution < 1.29 is 23.1 Å². The van der Waals surface area contributed by atoms with Crippen molar-refractivity contribution in [3.8, 4) is 0 Å². The first-order valence-electron chi connectivity index (χ1n) is 12.5. The van der Waals surface area contributed by atoms with Crippen LogP contribution in [-0.4, -0.2) is 24.0 Å². The molecule has 10 heteroatoms. The monoisotopic (exact) mass is 540 g/mol. The number of carbonyl (C=O) groups excluding carboxylic acids is 2. The van der Waals surface area contributed by atoms with Gasteiger partial charge in [0.25, 0.3) is 0 Å². The predicted octanol–water partition coefficient (Wildman–Crippen LogP) is 6.33. The van der Waals surface area contributed by atoms with E-state index in [-0.39, 0.29) is 23.2 Å². The van der Waals surface area contributed by atoms with Crippen molar-refractivity contribution in [3.05, 3.63) is 82.5 Å². The summed E-state index contributed by atoms with van der Waals surface area (Å²) >= 11 is 6.18. The van der Waals surface area contributed by atoms with Crippen LogP contribution in [0.25, 0.3) is 0 Å². The molecule has 1 amide bonds. The lowest BCUT2D eigenvalue weighted by Gasteiger charge is -2.43. The van der Waals surface area contributed by atoms with Gasteiger partial charge in [0.05, 0.1) is 30.0 Å². The number of fused-ring (bicyclic) bond motifs is 1. The number of hydrogen-bond acceptors (Lipinski definition) is 6. The molecule has 2 heterocycles. The fourth-order valence-corrected chi connectivity index (χ4v) is 5.67. The average molecular weight is 541 g/mol. The number of methoxy groups -OCH3 is 1. The Balaban J connectivity index is 1.57. The number of aromatic nitrogens is 1. The summed E-state index contributed by atoms with van der Waals surface area (Å²) in [5, 5.41) is 10.1. The lowest BCUT2D eigenvalue weighted by atomic mass is 9.71. The Morgan fingerprint density at radius 2 is 1.66 bits per heavy atom. The molecule has 1 unspecified atom stereocenters. The molecule has 3 aromatic rings. The molecular weight excluding hydrogens is 514 g/mol. The molecule has 1 aliphatic heterocycles. The van der Waals surface area contributed by atoms with Gasteiger partial charge in [0.15, 0.2) is 11.6 Å². The second-order valence-electron chi connectivity index (χ2n) is 9.67. The summed E-state index contributed by atoms with van der Waals surface area (Å²) in [6, 6.07) is 12.3. The van der Waals surface area contributed by atoms with E-state index in [0.29, 0.717) is 22.0 Å². The molecule has 2 aromatic carbocycles. The van der Waals surface area contributed by atoms with Gasteiger partial charge in [-0.1, -0.05) is 43.0 Å².